The van der Waals surface area contributed by atoms with Crippen molar-refractivity contribution < 1.29 is 13.9 Å². The molecule has 0 aromatic heterocycles. The van der Waals surface area contributed by atoms with E-state index in [1.165, 1.54) is 12.1 Å². The van der Waals surface area contributed by atoms with Gasteiger partial charge in [-0.15, -0.1) is 0 Å². The summed E-state index contributed by atoms with van der Waals surface area (Å²) in [6, 6.07) is 14.0. The van der Waals surface area contributed by atoms with Crippen LogP contribution in [0.1, 0.15) is 5.56 Å². The number of hydrogen-bond acceptors (Lipinski definition) is 3. The van der Waals surface area contributed by atoms with Crippen molar-refractivity contribution >= 4 is 0 Å². The van der Waals surface area contributed by atoms with Crippen molar-refractivity contribution in [2.45, 2.75) is 6.54 Å². The first-order chi connectivity index (χ1) is 9.78. The van der Waals surface area contributed by atoms with Crippen LogP contribution in [0.2, 0.25) is 0 Å². The van der Waals surface area contributed by atoms with Crippen molar-refractivity contribution in [2.24, 2.45) is 0 Å². The molecule has 0 amide bonds. The summed E-state index contributed by atoms with van der Waals surface area (Å²) >= 11 is 0. The van der Waals surface area contributed by atoms with E-state index in [4.69, 9.17) is 9.47 Å². The van der Waals surface area contributed by atoms with E-state index in [0.717, 1.165) is 17.1 Å². The van der Waals surface area contributed by atoms with E-state index < -0.39 is 0 Å². The van der Waals surface area contributed by atoms with Gasteiger partial charge in [-0.2, -0.15) is 0 Å². The van der Waals surface area contributed by atoms with Gasteiger partial charge >= 0.3 is 0 Å². The van der Waals surface area contributed by atoms with Gasteiger partial charge in [-0.05, 0) is 42.0 Å². The highest BCUT2D eigenvalue weighted by atomic mass is 19.1. The van der Waals surface area contributed by atoms with Crippen molar-refractivity contribution in [1.82, 2.24) is 5.32 Å². The Morgan fingerprint density at radius 3 is 2.50 bits per heavy atom. The van der Waals surface area contributed by atoms with Gasteiger partial charge in [0.15, 0.2) is 0 Å². The van der Waals surface area contributed by atoms with Gasteiger partial charge in [0.05, 0.1) is 7.11 Å². The predicted molar refractivity (Wildman–Crippen MR) is 76.6 cm³/mol. The maximum atomic E-state index is 13.0. The summed E-state index contributed by atoms with van der Waals surface area (Å²) in [6.07, 6.45) is 0. The topological polar surface area (TPSA) is 30.5 Å². The lowest BCUT2D eigenvalue weighted by Crippen LogP contribution is -2.20. The molecular weight excluding hydrogens is 257 g/mol. The third kappa shape index (κ3) is 4.55. The minimum absolute atomic E-state index is 0.209. The number of hydrogen-bond donors (Lipinski definition) is 1. The lowest BCUT2D eigenvalue weighted by Gasteiger charge is -2.08. The summed E-state index contributed by atoms with van der Waals surface area (Å²) in [7, 11) is 1.63. The van der Waals surface area contributed by atoms with Crippen LogP contribution in [0.4, 0.5) is 4.39 Å². The number of ether oxygens (including phenoxy) is 2. The minimum Gasteiger partial charge on any atom is -0.497 e. The summed E-state index contributed by atoms with van der Waals surface area (Å²) in [4.78, 5) is 0. The van der Waals surface area contributed by atoms with Crippen molar-refractivity contribution in [3.05, 3.63) is 59.9 Å². The maximum Gasteiger partial charge on any atom is 0.123 e. The molecule has 0 spiro atoms. The highest BCUT2D eigenvalue weighted by Gasteiger charge is 1.97. The van der Waals surface area contributed by atoms with Gasteiger partial charge in [0.2, 0.25) is 0 Å². The van der Waals surface area contributed by atoms with E-state index in [2.05, 4.69) is 5.32 Å². The fourth-order valence-corrected chi connectivity index (χ4v) is 1.79. The van der Waals surface area contributed by atoms with Crippen molar-refractivity contribution in [3.63, 3.8) is 0 Å². The standard InChI is InChI=1S/C16H18FNO2/c1-19-15-5-7-16(8-6-15)20-10-9-18-12-13-3-2-4-14(17)11-13/h2-8,11,18H,9-10,12H2,1H3. The quantitative estimate of drug-likeness (QED) is 0.788. The van der Waals surface area contributed by atoms with Crippen LogP contribution < -0.4 is 14.8 Å². The van der Waals surface area contributed by atoms with Gasteiger partial charge < -0.3 is 14.8 Å². The second kappa shape index (κ2) is 7.50. The van der Waals surface area contributed by atoms with Crippen molar-refractivity contribution in [3.8, 4) is 11.5 Å². The van der Waals surface area contributed by atoms with Gasteiger partial charge in [-0.25, -0.2) is 4.39 Å². The second-order valence-corrected chi connectivity index (χ2v) is 4.33. The van der Waals surface area contributed by atoms with Gasteiger partial charge in [0.1, 0.15) is 23.9 Å². The number of halogens is 1. The molecule has 0 aliphatic heterocycles. The molecule has 0 saturated heterocycles. The number of benzene rings is 2. The minimum atomic E-state index is -0.209. The molecule has 0 heterocycles. The first-order valence-corrected chi connectivity index (χ1v) is 6.50. The molecule has 0 atom stereocenters. The summed E-state index contributed by atoms with van der Waals surface area (Å²) in [5.41, 5.74) is 0.925. The largest absolute Gasteiger partial charge is 0.497 e. The van der Waals surface area contributed by atoms with Crippen LogP contribution in [-0.2, 0) is 6.54 Å². The van der Waals surface area contributed by atoms with Gasteiger partial charge in [0.25, 0.3) is 0 Å². The van der Waals surface area contributed by atoms with Gasteiger partial charge in [-0.3, -0.25) is 0 Å². The number of methoxy groups -OCH3 is 1. The Labute approximate surface area is 118 Å². The molecular formula is C16H18FNO2. The molecule has 2 rings (SSSR count). The summed E-state index contributed by atoms with van der Waals surface area (Å²) in [6.45, 7) is 1.88. The van der Waals surface area contributed by atoms with E-state index in [1.54, 1.807) is 13.2 Å². The predicted octanol–water partition coefficient (Wildman–Crippen LogP) is 3.00. The van der Waals surface area contributed by atoms with E-state index in [0.29, 0.717) is 19.7 Å². The highest BCUT2D eigenvalue weighted by molar-refractivity contribution is 5.31. The second-order valence-electron chi connectivity index (χ2n) is 4.33. The van der Waals surface area contributed by atoms with Crippen LogP contribution in [0.5, 0.6) is 11.5 Å². The summed E-state index contributed by atoms with van der Waals surface area (Å²) < 4.78 is 23.6. The molecule has 3 nitrogen and oxygen atoms in total. The lowest BCUT2D eigenvalue weighted by molar-refractivity contribution is 0.313. The van der Waals surface area contributed by atoms with Gasteiger partial charge in [0, 0.05) is 13.1 Å². The van der Waals surface area contributed by atoms with Crippen LogP contribution in [0, 0.1) is 5.82 Å². The van der Waals surface area contributed by atoms with Crippen LogP contribution in [0.25, 0.3) is 0 Å². The van der Waals surface area contributed by atoms with Crippen molar-refractivity contribution in [2.75, 3.05) is 20.3 Å². The molecule has 0 fully saturated rings. The molecule has 4 heteroatoms. The third-order valence-corrected chi connectivity index (χ3v) is 2.83. The molecule has 2 aromatic rings. The molecule has 0 radical (unpaired) electrons. The van der Waals surface area contributed by atoms with Crippen LogP contribution in [0.15, 0.2) is 48.5 Å². The van der Waals surface area contributed by atoms with Crippen LogP contribution >= 0.6 is 0 Å². The fourth-order valence-electron chi connectivity index (χ4n) is 1.79. The smallest absolute Gasteiger partial charge is 0.123 e. The first kappa shape index (κ1) is 14.3. The zero-order valence-corrected chi connectivity index (χ0v) is 11.4. The van der Waals surface area contributed by atoms with Crippen LogP contribution in [-0.4, -0.2) is 20.3 Å². The van der Waals surface area contributed by atoms with E-state index in [1.807, 2.05) is 30.3 Å². The Bertz CT molecular complexity index is 528. The summed E-state index contributed by atoms with van der Waals surface area (Å²) in [5, 5.41) is 3.21. The molecule has 2 aromatic carbocycles. The molecule has 0 bridgehead atoms. The molecule has 106 valence electrons. The molecule has 0 saturated carbocycles. The number of rotatable bonds is 7. The normalized spacial score (nSPS) is 10.3. The van der Waals surface area contributed by atoms with Crippen molar-refractivity contribution in [1.29, 1.82) is 0 Å². The first-order valence-electron chi connectivity index (χ1n) is 6.50. The highest BCUT2D eigenvalue weighted by Crippen LogP contribution is 2.16. The zero-order valence-electron chi connectivity index (χ0n) is 11.4. The Morgan fingerprint density at radius 1 is 1.05 bits per heavy atom. The Balaban J connectivity index is 1.66. The molecule has 0 aliphatic rings. The zero-order chi connectivity index (χ0) is 14.2. The fraction of sp³-hybridized carbons (Fsp3) is 0.250. The monoisotopic (exact) mass is 275 g/mol. The average Bonchev–Trinajstić information content (AvgIpc) is 2.48. The molecule has 0 aliphatic carbocycles. The number of nitrogens with one attached hydrogen (secondary N) is 1. The lowest BCUT2D eigenvalue weighted by atomic mass is 10.2. The molecule has 20 heavy (non-hydrogen) atoms. The van der Waals surface area contributed by atoms with Gasteiger partial charge in [-0.1, -0.05) is 12.1 Å². The maximum absolute atomic E-state index is 13.0. The SMILES string of the molecule is COc1ccc(OCCNCc2cccc(F)c2)cc1. The Morgan fingerprint density at radius 2 is 1.80 bits per heavy atom. The average molecular weight is 275 g/mol. The van der Waals surface area contributed by atoms with Crippen LogP contribution in [0.3, 0.4) is 0 Å². The molecule has 1 N–H and O–H groups in total. The Hall–Kier alpha value is -2.07. The molecule has 0 unspecified atom stereocenters. The Kier molecular flexibility index (Phi) is 5.38. The van der Waals surface area contributed by atoms with E-state index >= 15 is 0 Å². The summed E-state index contributed by atoms with van der Waals surface area (Å²) in [5.74, 6) is 1.40. The van der Waals surface area contributed by atoms with E-state index in [-0.39, 0.29) is 5.82 Å². The van der Waals surface area contributed by atoms with E-state index in [9.17, 15) is 4.39 Å². The third-order valence-electron chi connectivity index (χ3n) is 2.83.